The molecule has 0 saturated heterocycles. The largest absolute Gasteiger partial charge is 0.454 e. The Morgan fingerprint density at radius 1 is 0.811 bits per heavy atom. The second kappa shape index (κ2) is 9.49. The van der Waals surface area contributed by atoms with E-state index in [0.29, 0.717) is 27.3 Å². The molecule has 0 N–H and O–H groups in total. The Morgan fingerprint density at radius 3 is 2.24 bits per heavy atom. The average Bonchev–Trinajstić information content (AvgIpc) is 3.50. The summed E-state index contributed by atoms with van der Waals surface area (Å²) in [5.41, 5.74) is 1.58. The Hall–Kier alpha value is -2.82. The van der Waals surface area contributed by atoms with E-state index in [-0.39, 0.29) is 43.8 Å². The molecule has 186 valence electrons. The number of benzene rings is 3. The highest BCUT2D eigenvalue weighted by molar-refractivity contribution is 8.04. The Bertz CT molecular complexity index is 1680. The summed E-state index contributed by atoms with van der Waals surface area (Å²) in [7, 11) is 0. The normalized spacial score (nSPS) is 15.2. The van der Waals surface area contributed by atoms with Crippen LogP contribution in [0.25, 0.3) is 17.5 Å². The zero-order valence-corrected chi connectivity index (χ0v) is 21.9. The summed E-state index contributed by atoms with van der Waals surface area (Å²) in [6.07, 6.45) is 1.82. The van der Waals surface area contributed by atoms with Crippen molar-refractivity contribution in [3.63, 3.8) is 0 Å². The molecule has 2 aliphatic heterocycles. The molecule has 0 spiro atoms. The molecule has 0 aliphatic carbocycles. The molecule has 0 radical (unpaired) electrons. The Kier molecular flexibility index (Phi) is 6.29. The minimum atomic E-state index is -0.683. The molecule has 2 aliphatic rings. The van der Waals surface area contributed by atoms with Crippen LogP contribution >= 0.6 is 58.2 Å². The van der Waals surface area contributed by atoms with Crippen LogP contribution in [0.3, 0.4) is 0 Å². The molecule has 0 unspecified atom stereocenters. The van der Waals surface area contributed by atoms with E-state index in [2.05, 4.69) is 15.3 Å². The molecule has 1 aromatic heterocycles. The van der Waals surface area contributed by atoms with E-state index in [1.807, 2.05) is 12.1 Å². The van der Waals surface area contributed by atoms with Crippen LogP contribution in [0.5, 0.6) is 11.5 Å². The van der Waals surface area contributed by atoms with Gasteiger partial charge in [-0.1, -0.05) is 52.5 Å². The molecular formula is C24H10Cl4F2N4O2S. The Labute approximate surface area is 232 Å². The number of ether oxygens (including phenoxy) is 2. The number of hydrogen-bond donors (Lipinski definition) is 0. The number of hydrogen-bond acceptors (Lipinski definition) is 6. The van der Waals surface area contributed by atoms with E-state index < -0.39 is 11.6 Å². The first-order chi connectivity index (χ1) is 17.8. The lowest BCUT2D eigenvalue weighted by Gasteiger charge is -2.18. The molecule has 0 amide bonds. The Morgan fingerprint density at radius 2 is 1.49 bits per heavy atom. The van der Waals surface area contributed by atoms with Gasteiger partial charge < -0.3 is 9.47 Å². The fourth-order valence-corrected chi connectivity index (χ4v) is 5.59. The summed E-state index contributed by atoms with van der Waals surface area (Å²) in [6, 6.07) is 10.3. The smallest absolute Gasteiger partial charge is 0.231 e. The van der Waals surface area contributed by atoms with Gasteiger partial charge in [-0.2, -0.15) is 9.78 Å². The molecule has 3 heterocycles. The van der Waals surface area contributed by atoms with Crippen LogP contribution in [0.1, 0.15) is 11.1 Å². The van der Waals surface area contributed by atoms with Gasteiger partial charge in [-0.3, -0.25) is 0 Å². The van der Waals surface area contributed by atoms with Gasteiger partial charge in [0.15, 0.2) is 17.3 Å². The number of allylic oxidation sites excluding steroid dienone is 1. The van der Waals surface area contributed by atoms with Gasteiger partial charge in [-0.15, -0.1) is 10.2 Å². The van der Waals surface area contributed by atoms with Gasteiger partial charge in [0, 0.05) is 16.0 Å². The van der Waals surface area contributed by atoms with Gasteiger partial charge in [0.25, 0.3) is 0 Å². The first-order valence-electron chi connectivity index (χ1n) is 10.4. The maximum atomic E-state index is 14.5. The maximum Gasteiger partial charge on any atom is 0.231 e. The van der Waals surface area contributed by atoms with Crippen molar-refractivity contribution in [3.8, 4) is 22.9 Å². The molecular weight excluding hydrogens is 588 g/mol. The monoisotopic (exact) mass is 596 g/mol. The fraction of sp³-hybridized carbons (Fsp3) is 0.0417. The first kappa shape index (κ1) is 24.5. The van der Waals surface area contributed by atoms with Crippen molar-refractivity contribution < 1.29 is 18.3 Å². The predicted octanol–water partition coefficient (Wildman–Crippen LogP) is 7.96. The highest BCUT2D eigenvalue weighted by Crippen LogP contribution is 2.41. The molecule has 3 aromatic carbocycles. The van der Waals surface area contributed by atoms with E-state index in [9.17, 15) is 8.78 Å². The molecule has 37 heavy (non-hydrogen) atoms. The third kappa shape index (κ3) is 4.45. The van der Waals surface area contributed by atoms with Gasteiger partial charge in [-0.25, -0.2) is 8.78 Å². The number of nitrogens with zero attached hydrogens (tertiary/aromatic N) is 4. The van der Waals surface area contributed by atoms with E-state index in [1.165, 1.54) is 34.6 Å². The van der Waals surface area contributed by atoms with E-state index in [1.54, 1.807) is 12.1 Å². The molecule has 6 rings (SSSR count). The van der Waals surface area contributed by atoms with Crippen LogP contribution in [-0.2, 0) is 0 Å². The molecule has 13 heteroatoms. The van der Waals surface area contributed by atoms with Gasteiger partial charge in [0.05, 0.1) is 20.1 Å². The zero-order chi connectivity index (χ0) is 25.8. The number of thioether (sulfide) groups is 1. The van der Waals surface area contributed by atoms with Crippen molar-refractivity contribution in [2.75, 3.05) is 6.79 Å². The molecule has 0 atom stereocenters. The minimum absolute atomic E-state index is 0.131. The summed E-state index contributed by atoms with van der Waals surface area (Å²) >= 11 is 25.8. The van der Waals surface area contributed by atoms with Crippen molar-refractivity contribution >= 4 is 70.0 Å². The highest BCUT2D eigenvalue weighted by atomic mass is 35.5. The molecule has 0 bridgehead atoms. The minimum Gasteiger partial charge on any atom is -0.454 e. The molecule has 0 saturated carbocycles. The lowest BCUT2D eigenvalue weighted by atomic mass is 10.1. The summed E-state index contributed by atoms with van der Waals surface area (Å²) in [5.74, 6) is 0.0278. The summed E-state index contributed by atoms with van der Waals surface area (Å²) < 4.78 is 41.0. The van der Waals surface area contributed by atoms with Crippen LogP contribution in [0.4, 0.5) is 8.78 Å². The summed E-state index contributed by atoms with van der Waals surface area (Å²) in [4.78, 5) is 0.585. The average molecular weight is 598 g/mol. The Balaban J connectivity index is 1.54. The van der Waals surface area contributed by atoms with Gasteiger partial charge in [0.1, 0.15) is 17.3 Å². The van der Waals surface area contributed by atoms with Crippen LogP contribution in [0.15, 0.2) is 57.6 Å². The van der Waals surface area contributed by atoms with Crippen molar-refractivity contribution in [1.82, 2.24) is 14.9 Å². The van der Waals surface area contributed by atoms with Crippen LogP contribution in [0, 0.1) is 11.6 Å². The SMILES string of the molecule is Fc1cc(C2=Nn3c(nnc3-c3cc(F)c(Cl)cc3Cl)S/C2=C\c2ccc3c(c2)OCO3)c(Cl)cc1Cl. The van der Waals surface area contributed by atoms with Crippen molar-refractivity contribution in [2.24, 2.45) is 5.10 Å². The number of aromatic nitrogens is 3. The van der Waals surface area contributed by atoms with Crippen LogP contribution in [0.2, 0.25) is 20.1 Å². The van der Waals surface area contributed by atoms with E-state index in [4.69, 9.17) is 55.9 Å². The number of rotatable bonds is 3. The highest BCUT2D eigenvalue weighted by Gasteiger charge is 2.28. The molecule has 0 fully saturated rings. The third-order valence-corrected chi connectivity index (χ3v) is 7.63. The maximum absolute atomic E-state index is 14.5. The number of fused-ring (bicyclic) bond motifs is 2. The van der Waals surface area contributed by atoms with Crippen LogP contribution < -0.4 is 9.47 Å². The fourth-order valence-electron chi connectivity index (χ4n) is 3.72. The van der Waals surface area contributed by atoms with Gasteiger partial charge in [0.2, 0.25) is 11.9 Å². The lowest BCUT2D eigenvalue weighted by molar-refractivity contribution is 0.174. The predicted molar refractivity (Wildman–Crippen MR) is 140 cm³/mol. The van der Waals surface area contributed by atoms with Gasteiger partial charge >= 0.3 is 0 Å². The second-order valence-corrected chi connectivity index (χ2v) is 10.4. The quantitative estimate of drug-likeness (QED) is 0.224. The van der Waals surface area contributed by atoms with Crippen LogP contribution in [-0.4, -0.2) is 27.4 Å². The van der Waals surface area contributed by atoms with Crippen molar-refractivity contribution in [1.29, 1.82) is 0 Å². The molecule has 6 nitrogen and oxygen atoms in total. The topological polar surface area (TPSA) is 61.5 Å². The second-order valence-electron chi connectivity index (χ2n) is 7.78. The summed E-state index contributed by atoms with van der Waals surface area (Å²) in [5, 5.41) is 13.5. The zero-order valence-electron chi connectivity index (χ0n) is 18.1. The van der Waals surface area contributed by atoms with E-state index >= 15 is 0 Å². The number of halogens is 6. The van der Waals surface area contributed by atoms with Crippen molar-refractivity contribution in [2.45, 2.75) is 5.16 Å². The van der Waals surface area contributed by atoms with Gasteiger partial charge in [-0.05, 0) is 59.8 Å². The third-order valence-electron chi connectivity index (χ3n) is 5.46. The standard InChI is InChI=1S/C24H10Cl4F2N4O2S/c25-13-7-15(27)17(29)5-11(13)22-21(4-10-1-2-19-20(3-10)36-9-35-19)37-24-32-31-23(34(24)33-22)12-6-18(30)16(28)8-14(12)26/h1-8H,9H2/b21-4-. The van der Waals surface area contributed by atoms with E-state index in [0.717, 1.165) is 11.6 Å². The summed E-state index contributed by atoms with van der Waals surface area (Å²) in [6.45, 7) is 0.135. The first-order valence-corrected chi connectivity index (χ1v) is 12.7. The lowest BCUT2D eigenvalue weighted by Crippen LogP contribution is -2.13. The molecule has 4 aromatic rings. The van der Waals surface area contributed by atoms with Crippen molar-refractivity contribution in [3.05, 3.63) is 90.2 Å².